The van der Waals surface area contributed by atoms with E-state index in [0.29, 0.717) is 27.2 Å². The summed E-state index contributed by atoms with van der Waals surface area (Å²) in [5, 5.41) is 4.25. The Balaban J connectivity index is 1.63. The molecular weight excluding hydrogens is 471 g/mol. The minimum atomic E-state index is -1.02. The molecule has 2 unspecified atom stereocenters. The number of pyridine rings is 1. The number of halogens is 2. The van der Waals surface area contributed by atoms with Gasteiger partial charge in [-0.05, 0) is 67.3 Å². The van der Waals surface area contributed by atoms with Crippen molar-refractivity contribution in [1.82, 2.24) is 4.98 Å². The van der Waals surface area contributed by atoms with Crippen molar-refractivity contribution >= 4 is 51.7 Å². The number of para-hydroxylation sites is 1. The highest BCUT2D eigenvalue weighted by Gasteiger charge is 2.33. The Kier molecular flexibility index (Phi) is 6.88. The first kappa shape index (κ1) is 24.5. The molecule has 178 valence electrons. The summed E-state index contributed by atoms with van der Waals surface area (Å²) in [6.45, 7) is 8.23. The maximum atomic E-state index is 13.5. The van der Waals surface area contributed by atoms with E-state index in [2.05, 4.69) is 26.1 Å². The molecule has 0 fully saturated rings. The van der Waals surface area contributed by atoms with Gasteiger partial charge >= 0.3 is 5.97 Å². The molecule has 0 spiro atoms. The summed E-state index contributed by atoms with van der Waals surface area (Å²) in [4.78, 5) is 31.1. The first-order valence-corrected chi connectivity index (χ1v) is 12.2. The molecule has 0 saturated heterocycles. The van der Waals surface area contributed by atoms with E-state index in [-0.39, 0.29) is 5.41 Å². The van der Waals surface area contributed by atoms with Crippen LogP contribution in [0.15, 0.2) is 42.5 Å². The average molecular weight is 499 g/mol. The predicted molar refractivity (Wildman–Crippen MR) is 137 cm³/mol. The molecule has 0 aliphatic heterocycles. The fourth-order valence-electron chi connectivity index (χ4n) is 4.50. The molecule has 7 heteroatoms. The molecule has 0 radical (unpaired) electrons. The number of fused-ring (bicyclic) bond motifs is 2. The molecular formula is C27H28Cl2N2O3. The van der Waals surface area contributed by atoms with E-state index in [0.717, 1.165) is 41.4 Å². The maximum absolute atomic E-state index is 13.5. The van der Waals surface area contributed by atoms with Crippen LogP contribution in [0.3, 0.4) is 0 Å². The quantitative estimate of drug-likeness (QED) is 0.398. The van der Waals surface area contributed by atoms with Gasteiger partial charge in [-0.15, -0.1) is 0 Å². The third-order valence-corrected chi connectivity index (χ3v) is 6.91. The number of carbonyl (C=O) groups is 2. The molecule has 1 aliphatic rings. The Bertz CT molecular complexity index is 1250. The van der Waals surface area contributed by atoms with Crippen LogP contribution in [-0.2, 0) is 22.4 Å². The Labute approximate surface area is 209 Å². The molecule has 1 heterocycles. The average Bonchev–Trinajstić information content (AvgIpc) is 2.75. The van der Waals surface area contributed by atoms with Crippen LogP contribution in [0.2, 0.25) is 10.0 Å². The fraction of sp³-hybridized carbons (Fsp3) is 0.370. The predicted octanol–water partition coefficient (Wildman–Crippen LogP) is 6.88. The topological polar surface area (TPSA) is 68.3 Å². The highest BCUT2D eigenvalue weighted by atomic mass is 35.5. The van der Waals surface area contributed by atoms with Crippen molar-refractivity contribution in [2.75, 3.05) is 5.32 Å². The van der Waals surface area contributed by atoms with Crippen LogP contribution >= 0.6 is 23.2 Å². The summed E-state index contributed by atoms with van der Waals surface area (Å²) in [6.07, 6.45) is 1.57. The van der Waals surface area contributed by atoms with Crippen LogP contribution in [0.25, 0.3) is 10.9 Å². The van der Waals surface area contributed by atoms with Crippen LogP contribution < -0.4 is 5.32 Å². The largest absolute Gasteiger partial charge is 0.449 e. The number of carbonyl (C=O) groups excluding carboxylic acids is 2. The summed E-state index contributed by atoms with van der Waals surface area (Å²) in [5.41, 5.74) is 3.69. The smallest absolute Gasteiger partial charge is 0.339 e. The number of aromatic nitrogens is 1. The molecule has 1 N–H and O–H groups in total. The van der Waals surface area contributed by atoms with Crippen molar-refractivity contribution in [1.29, 1.82) is 0 Å². The third kappa shape index (κ3) is 5.21. The second kappa shape index (κ2) is 9.55. The van der Waals surface area contributed by atoms with Gasteiger partial charge in [0, 0.05) is 26.8 Å². The van der Waals surface area contributed by atoms with E-state index in [9.17, 15) is 9.59 Å². The van der Waals surface area contributed by atoms with Gasteiger partial charge in [0.2, 0.25) is 0 Å². The van der Waals surface area contributed by atoms with Crippen molar-refractivity contribution in [2.24, 2.45) is 11.3 Å². The van der Waals surface area contributed by atoms with Gasteiger partial charge in [-0.1, -0.05) is 62.2 Å². The van der Waals surface area contributed by atoms with Crippen LogP contribution in [0.1, 0.15) is 55.7 Å². The molecule has 1 aromatic heterocycles. The van der Waals surface area contributed by atoms with Crippen molar-refractivity contribution in [3.05, 3.63) is 69.3 Å². The molecule has 1 amide bonds. The fourth-order valence-corrected chi connectivity index (χ4v) is 5.03. The number of nitrogens with zero attached hydrogens (tertiary/aromatic N) is 1. The first-order chi connectivity index (χ1) is 16.0. The second-order valence-electron chi connectivity index (χ2n) is 9.93. The zero-order chi connectivity index (χ0) is 24.6. The molecule has 1 aliphatic carbocycles. The number of benzene rings is 2. The Hall–Kier alpha value is -2.63. The summed E-state index contributed by atoms with van der Waals surface area (Å²) in [6, 6.07) is 12.3. The summed E-state index contributed by atoms with van der Waals surface area (Å²) >= 11 is 12.0. The van der Waals surface area contributed by atoms with E-state index < -0.39 is 18.0 Å². The third-order valence-electron chi connectivity index (χ3n) is 6.47. The number of nitrogens with one attached hydrogen (secondary N) is 1. The highest BCUT2D eigenvalue weighted by molar-refractivity contribution is 6.35. The molecule has 34 heavy (non-hydrogen) atoms. The minimum absolute atomic E-state index is 0.107. The van der Waals surface area contributed by atoms with E-state index in [1.807, 2.05) is 24.3 Å². The van der Waals surface area contributed by atoms with Gasteiger partial charge in [-0.2, -0.15) is 0 Å². The molecule has 3 aromatic rings. The number of hydrogen-bond donors (Lipinski definition) is 1. The lowest BCUT2D eigenvalue weighted by Crippen LogP contribution is -2.32. The van der Waals surface area contributed by atoms with Crippen LogP contribution in [0.5, 0.6) is 0 Å². The minimum Gasteiger partial charge on any atom is -0.449 e. The zero-order valence-corrected chi connectivity index (χ0v) is 21.3. The highest BCUT2D eigenvalue weighted by Crippen LogP contribution is 2.39. The lowest BCUT2D eigenvalue weighted by atomic mass is 9.70. The van der Waals surface area contributed by atoms with Gasteiger partial charge in [-0.3, -0.25) is 9.78 Å². The first-order valence-electron chi connectivity index (χ1n) is 11.4. The standard InChI is InChI=1S/C27H28Cl2N2O3/c1-15(25(32)30-19-13-17(28)12-18(29)14-19)34-26(33)24-20-7-5-6-8-22(20)31-23-10-9-16(11-21(23)24)27(2,3)4/h5-8,12-16H,9-11H2,1-4H3,(H,30,32). The number of esters is 1. The van der Waals surface area contributed by atoms with Crippen LogP contribution in [-0.4, -0.2) is 23.0 Å². The van der Waals surface area contributed by atoms with Crippen LogP contribution in [0.4, 0.5) is 5.69 Å². The van der Waals surface area contributed by atoms with Crippen molar-refractivity contribution in [3.8, 4) is 0 Å². The number of hydrogen-bond acceptors (Lipinski definition) is 4. The van der Waals surface area contributed by atoms with Crippen LogP contribution in [0, 0.1) is 11.3 Å². The Morgan fingerprint density at radius 1 is 1.12 bits per heavy atom. The Morgan fingerprint density at radius 2 is 1.79 bits per heavy atom. The van der Waals surface area contributed by atoms with Gasteiger partial charge < -0.3 is 10.1 Å². The van der Waals surface area contributed by atoms with E-state index in [4.69, 9.17) is 32.9 Å². The number of amides is 1. The number of anilines is 1. The normalized spacial score (nSPS) is 16.6. The van der Waals surface area contributed by atoms with Gasteiger partial charge in [0.25, 0.3) is 5.91 Å². The lowest BCUT2D eigenvalue weighted by molar-refractivity contribution is -0.123. The molecule has 2 atom stereocenters. The number of rotatable bonds is 4. The molecule has 5 nitrogen and oxygen atoms in total. The monoisotopic (exact) mass is 498 g/mol. The van der Waals surface area contributed by atoms with E-state index in [1.54, 1.807) is 25.1 Å². The van der Waals surface area contributed by atoms with Crippen molar-refractivity contribution in [3.63, 3.8) is 0 Å². The summed E-state index contributed by atoms with van der Waals surface area (Å²) in [7, 11) is 0. The van der Waals surface area contributed by atoms with Gasteiger partial charge in [0.05, 0.1) is 11.1 Å². The molecule has 2 aromatic carbocycles. The van der Waals surface area contributed by atoms with Crippen molar-refractivity contribution in [2.45, 2.75) is 53.1 Å². The SMILES string of the molecule is CC(OC(=O)c1c2c(nc3ccccc13)CCC(C(C)(C)C)C2)C(=O)Nc1cc(Cl)cc(Cl)c1. The number of ether oxygens (including phenoxy) is 1. The van der Waals surface area contributed by atoms with Gasteiger partial charge in [0.1, 0.15) is 0 Å². The van der Waals surface area contributed by atoms with E-state index in [1.165, 1.54) is 0 Å². The summed E-state index contributed by atoms with van der Waals surface area (Å²) in [5.74, 6) is -0.564. The van der Waals surface area contributed by atoms with Gasteiger partial charge in [0.15, 0.2) is 6.10 Å². The molecule has 4 rings (SSSR count). The summed E-state index contributed by atoms with van der Waals surface area (Å²) < 4.78 is 5.68. The zero-order valence-electron chi connectivity index (χ0n) is 19.7. The Morgan fingerprint density at radius 3 is 2.47 bits per heavy atom. The number of aryl methyl sites for hydroxylation is 1. The van der Waals surface area contributed by atoms with Gasteiger partial charge in [-0.25, -0.2) is 4.79 Å². The molecule has 0 bridgehead atoms. The lowest BCUT2D eigenvalue weighted by Gasteiger charge is -2.35. The molecule has 0 saturated carbocycles. The van der Waals surface area contributed by atoms with Crippen molar-refractivity contribution < 1.29 is 14.3 Å². The second-order valence-corrected chi connectivity index (χ2v) is 10.8. The van der Waals surface area contributed by atoms with E-state index >= 15 is 0 Å². The maximum Gasteiger partial charge on any atom is 0.339 e.